The van der Waals surface area contributed by atoms with Gasteiger partial charge in [0, 0.05) is 10.9 Å². The van der Waals surface area contributed by atoms with Crippen LogP contribution in [0.4, 0.5) is 0 Å². The summed E-state index contributed by atoms with van der Waals surface area (Å²) in [6.07, 6.45) is 2.17. The summed E-state index contributed by atoms with van der Waals surface area (Å²) in [6.45, 7) is 1.14. The van der Waals surface area contributed by atoms with Crippen LogP contribution in [0.3, 0.4) is 0 Å². The van der Waals surface area contributed by atoms with E-state index in [9.17, 15) is 4.79 Å². The van der Waals surface area contributed by atoms with Crippen LogP contribution in [0.2, 0.25) is 0 Å². The van der Waals surface area contributed by atoms with E-state index in [1.165, 1.54) is 0 Å². The third-order valence-corrected chi connectivity index (χ3v) is 5.28. The summed E-state index contributed by atoms with van der Waals surface area (Å²) >= 11 is 1.54. The summed E-state index contributed by atoms with van der Waals surface area (Å²) in [5.41, 5.74) is 1.01. The van der Waals surface area contributed by atoms with Crippen LogP contribution in [-0.2, 0) is 4.79 Å². The van der Waals surface area contributed by atoms with Gasteiger partial charge in [-0.1, -0.05) is 30.3 Å². The first kappa shape index (κ1) is 15.4. The third-order valence-electron chi connectivity index (χ3n) is 4.03. The predicted octanol–water partition coefficient (Wildman–Crippen LogP) is 3.57. The van der Waals surface area contributed by atoms with E-state index in [0.29, 0.717) is 19.3 Å². The lowest BCUT2D eigenvalue weighted by molar-refractivity contribution is -0.120. The van der Waals surface area contributed by atoms with E-state index in [1.54, 1.807) is 11.8 Å². The van der Waals surface area contributed by atoms with Gasteiger partial charge in [0.05, 0.1) is 0 Å². The lowest BCUT2D eigenvalue weighted by Crippen LogP contribution is -2.29. The van der Waals surface area contributed by atoms with Gasteiger partial charge in [-0.2, -0.15) is 0 Å². The minimum atomic E-state index is -0.269. The molecule has 0 radical (unpaired) electrons. The van der Waals surface area contributed by atoms with E-state index >= 15 is 0 Å². The zero-order valence-electron chi connectivity index (χ0n) is 13.2. The minimum Gasteiger partial charge on any atom is -0.486 e. The molecule has 4 nitrogen and oxygen atoms in total. The smallest absolute Gasteiger partial charge is 0.238 e. The average Bonchev–Trinajstić information content (AvgIpc) is 3.44. The summed E-state index contributed by atoms with van der Waals surface area (Å²) < 4.78 is 11.2. The summed E-state index contributed by atoms with van der Waals surface area (Å²) in [6, 6.07) is 16.1. The van der Waals surface area contributed by atoms with Crippen LogP contribution in [-0.4, -0.2) is 25.2 Å². The number of nitrogens with one attached hydrogen (secondary N) is 1. The Balaban J connectivity index is 1.57. The first-order valence-corrected chi connectivity index (χ1v) is 9.09. The molecule has 5 heteroatoms. The van der Waals surface area contributed by atoms with Gasteiger partial charge in [0.15, 0.2) is 11.5 Å². The Morgan fingerprint density at radius 1 is 1.04 bits per heavy atom. The van der Waals surface area contributed by atoms with Gasteiger partial charge in [0.2, 0.25) is 5.91 Å². The van der Waals surface area contributed by atoms with E-state index in [-0.39, 0.29) is 11.2 Å². The van der Waals surface area contributed by atoms with Gasteiger partial charge in [0.25, 0.3) is 0 Å². The van der Waals surface area contributed by atoms with Gasteiger partial charge in [-0.05, 0) is 36.6 Å². The molecule has 1 saturated carbocycles. The second-order valence-electron chi connectivity index (χ2n) is 6.00. The number of benzene rings is 2. The van der Waals surface area contributed by atoms with E-state index in [1.807, 2.05) is 48.5 Å². The quantitative estimate of drug-likeness (QED) is 0.845. The van der Waals surface area contributed by atoms with Crippen LogP contribution in [0.15, 0.2) is 53.4 Å². The molecule has 0 spiro atoms. The highest BCUT2D eigenvalue weighted by Crippen LogP contribution is 2.40. The standard InChI is InChI=1S/C19H19NO3S/c21-19(20-14-6-7-14)18(13-4-2-1-3-5-13)24-15-8-9-16-17(12-15)23-11-10-22-16/h1-5,8-9,12,14,18H,6-7,10-11H2,(H,20,21)/t18-/m1/s1. The van der Waals surface area contributed by atoms with Crippen LogP contribution >= 0.6 is 11.8 Å². The summed E-state index contributed by atoms with van der Waals surface area (Å²) in [5, 5.41) is 2.85. The lowest BCUT2D eigenvalue weighted by atomic mass is 10.1. The van der Waals surface area contributed by atoms with Gasteiger partial charge in [0.1, 0.15) is 18.5 Å². The maximum absolute atomic E-state index is 12.7. The third kappa shape index (κ3) is 3.51. The van der Waals surface area contributed by atoms with Crippen molar-refractivity contribution < 1.29 is 14.3 Å². The number of carbonyl (C=O) groups is 1. The monoisotopic (exact) mass is 341 g/mol. The maximum atomic E-state index is 12.7. The Labute approximate surface area is 145 Å². The van der Waals surface area contributed by atoms with Crippen molar-refractivity contribution in [1.29, 1.82) is 0 Å². The molecule has 2 aromatic rings. The number of fused-ring (bicyclic) bond motifs is 1. The van der Waals surface area contributed by atoms with Crippen molar-refractivity contribution in [3.8, 4) is 11.5 Å². The molecule has 1 aliphatic heterocycles. The molecule has 124 valence electrons. The highest BCUT2D eigenvalue weighted by Gasteiger charge is 2.29. The molecule has 0 saturated heterocycles. The fourth-order valence-corrected chi connectivity index (χ4v) is 3.70. The van der Waals surface area contributed by atoms with E-state index in [0.717, 1.165) is 34.8 Å². The molecule has 1 aliphatic carbocycles. The van der Waals surface area contributed by atoms with Crippen LogP contribution < -0.4 is 14.8 Å². The van der Waals surface area contributed by atoms with Crippen molar-refractivity contribution in [2.45, 2.75) is 29.0 Å². The molecule has 0 unspecified atom stereocenters. The molecule has 1 heterocycles. The summed E-state index contributed by atoms with van der Waals surface area (Å²) in [5.74, 6) is 1.59. The molecule has 1 atom stereocenters. The fraction of sp³-hybridized carbons (Fsp3) is 0.316. The van der Waals surface area contributed by atoms with Crippen molar-refractivity contribution in [3.05, 3.63) is 54.1 Å². The zero-order chi connectivity index (χ0) is 16.4. The number of ether oxygens (including phenoxy) is 2. The van der Waals surface area contributed by atoms with Crippen molar-refractivity contribution in [2.75, 3.05) is 13.2 Å². The summed E-state index contributed by atoms with van der Waals surface area (Å²) in [7, 11) is 0. The molecule has 1 N–H and O–H groups in total. The Hall–Kier alpha value is -2.14. The van der Waals surface area contributed by atoms with Gasteiger partial charge >= 0.3 is 0 Å². The molecule has 1 amide bonds. The molecule has 2 aromatic carbocycles. The Kier molecular flexibility index (Phi) is 4.34. The van der Waals surface area contributed by atoms with Crippen molar-refractivity contribution in [1.82, 2.24) is 5.32 Å². The number of hydrogen-bond donors (Lipinski definition) is 1. The number of rotatable bonds is 5. The second kappa shape index (κ2) is 6.77. The molecular weight excluding hydrogens is 322 g/mol. The van der Waals surface area contributed by atoms with Crippen molar-refractivity contribution in [3.63, 3.8) is 0 Å². The molecule has 4 rings (SSSR count). The molecular formula is C19H19NO3S. The first-order chi connectivity index (χ1) is 11.8. The Bertz CT molecular complexity index is 731. The predicted molar refractivity (Wildman–Crippen MR) is 93.6 cm³/mol. The normalized spacial score (nSPS) is 17.2. The molecule has 2 aliphatic rings. The van der Waals surface area contributed by atoms with Crippen LogP contribution in [0, 0.1) is 0 Å². The van der Waals surface area contributed by atoms with Crippen molar-refractivity contribution in [2.24, 2.45) is 0 Å². The Morgan fingerprint density at radius 3 is 2.54 bits per heavy atom. The minimum absolute atomic E-state index is 0.0728. The number of carbonyl (C=O) groups excluding carboxylic acids is 1. The topological polar surface area (TPSA) is 47.6 Å². The molecule has 0 bridgehead atoms. The van der Waals surface area contributed by atoms with Crippen LogP contribution in [0.5, 0.6) is 11.5 Å². The highest BCUT2D eigenvalue weighted by atomic mass is 32.2. The largest absolute Gasteiger partial charge is 0.486 e. The highest BCUT2D eigenvalue weighted by molar-refractivity contribution is 8.00. The number of thioether (sulfide) groups is 1. The lowest BCUT2D eigenvalue weighted by Gasteiger charge is -2.20. The maximum Gasteiger partial charge on any atom is 0.238 e. The fourth-order valence-electron chi connectivity index (χ4n) is 2.64. The zero-order valence-corrected chi connectivity index (χ0v) is 14.1. The SMILES string of the molecule is O=C(NC1CC1)[C@H](Sc1ccc2c(c1)OCCO2)c1ccccc1. The van der Waals surface area contributed by atoms with Gasteiger partial charge < -0.3 is 14.8 Å². The second-order valence-corrected chi connectivity index (χ2v) is 7.18. The van der Waals surface area contributed by atoms with E-state index in [2.05, 4.69) is 5.32 Å². The Morgan fingerprint density at radius 2 is 1.79 bits per heavy atom. The van der Waals surface area contributed by atoms with Crippen LogP contribution in [0.1, 0.15) is 23.7 Å². The number of hydrogen-bond acceptors (Lipinski definition) is 4. The van der Waals surface area contributed by atoms with Gasteiger partial charge in [-0.3, -0.25) is 4.79 Å². The van der Waals surface area contributed by atoms with E-state index < -0.39 is 0 Å². The van der Waals surface area contributed by atoms with E-state index in [4.69, 9.17) is 9.47 Å². The summed E-state index contributed by atoms with van der Waals surface area (Å²) in [4.78, 5) is 13.7. The molecule has 24 heavy (non-hydrogen) atoms. The van der Waals surface area contributed by atoms with Gasteiger partial charge in [-0.15, -0.1) is 11.8 Å². The average molecular weight is 341 g/mol. The molecule has 0 aromatic heterocycles. The van der Waals surface area contributed by atoms with Crippen LogP contribution in [0.25, 0.3) is 0 Å². The number of amides is 1. The molecule has 1 fully saturated rings. The first-order valence-electron chi connectivity index (χ1n) is 8.21. The van der Waals surface area contributed by atoms with Gasteiger partial charge in [-0.25, -0.2) is 0 Å². The van der Waals surface area contributed by atoms with Crippen molar-refractivity contribution >= 4 is 17.7 Å².